The maximum absolute atomic E-state index is 9.89. The number of carbonyl (C=O) groups is 1. The Labute approximate surface area is 383 Å². The van der Waals surface area contributed by atoms with Gasteiger partial charge in [0.05, 0.1) is 34.2 Å². The number of carboxylic acid groups (broad SMARTS) is 1. The van der Waals surface area contributed by atoms with Crippen LogP contribution in [0, 0.1) is 126 Å². The summed E-state index contributed by atoms with van der Waals surface area (Å²) >= 11 is 0. The predicted molar refractivity (Wildman–Crippen MR) is 235 cm³/mol. The summed E-state index contributed by atoms with van der Waals surface area (Å²) < 4.78 is 17.3. The van der Waals surface area contributed by atoms with Crippen molar-refractivity contribution < 1.29 is 45.8 Å². The molecular formula is C43H57B2N12O3U. The van der Waals surface area contributed by atoms with E-state index in [2.05, 4.69) is 111 Å². The summed E-state index contributed by atoms with van der Waals surface area (Å²) in [5.41, 5.74) is 13.5. The van der Waals surface area contributed by atoms with Crippen LogP contribution in [-0.2, 0) is 9.53 Å². The molecule has 6 aromatic heterocycles. The van der Waals surface area contributed by atoms with Gasteiger partial charge in [-0.15, -0.1) is 0 Å². The van der Waals surface area contributed by atoms with Crippen molar-refractivity contribution in [2.75, 3.05) is 13.2 Å². The molecule has 7 heterocycles. The Hall–Kier alpha value is -5.35. The molecule has 61 heavy (non-hydrogen) atoms. The van der Waals surface area contributed by atoms with Gasteiger partial charge in [-0.25, -0.2) is 30.6 Å². The van der Waals surface area contributed by atoms with Gasteiger partial charge in [-0.2, -0.15) is 0 Å². The molecular weight excluding hydrogens is 992 g/mol. The molecule has 0 atom stereocenters. The van der Waals surface area contributed by atoms with Gasteiger partial charge < -0.3 is 42.2 Å². The predicted octanol–water partition coefficient (Wildman–Crippen LogP) is 4.16. The summed E-state index contributed by atoms with van der Waals surface area (Å²) in [6.07, 6.45) is 2.56. The molecule has 0 saturated carbocycles. The molecule has 15 nitrogen and oxygen atoms in total. The number of rotatable bonds is 6. The summed E-state index contributed by atoms with van der Waals surface area (Å²) in [5.74, 6) is 3.00. The van der Waals surface area contributed by atoms with Crippen LogP contribution in [0.1, 0.15) is 86.7 Å². The Balaban J connectivity index is 0.000000197. The second-order valence-electron chi connectivity index (χ2n) is 15.6. The fraction of sp³-hybridized carbons (Fsp3) is 0.372. The van der Waals surface area contributed by atoms with E-state index >= 15 is 0 Å². The smallest absolute Gasteiger partial charge is 0.537 e. The van der Waals surface area contributed by atoms with Crippen LogP contribution < -0.4 is 5.11 Å². The topological polar surface area (TPSA) is 156 Å². The minimum Gasteiger partial charge on any atom is -0.537 e. The first-order valence-electron chi connectivity index (χ1n) is 20.4. The van der Waals surface area contributed by atoms with Crippen LogP contribution in [0.4, 0.5) is 0 Å². The Bertz CT molecular complexity index is 2220. The quantitative estimate of drug-likeness (QED) is 0.177. The van der Waals surface area contributed by atoms with Gasteiger partial charge in [0.25, 0.3) is 0 Å². The molecule has 0 amide bonds. The number of ether oxygens (including phenoxy) is 1. The maximum atomic E-state index is 9.89. The van der Waals surface area contributed by atoms with Crippen molar-refractivity contribution in [2.45, 2.75) is 95.9 Å². The molecule has 1 aliphatic rings. The molecule has 1 fully saturated rings. The number of aryl methyl sites for hydroxylation is 12. The number of hydrogen-bond acceptors (Lipinski definition) is 9. The summed E-state index contributed by atoms with van der Waals surface area (Å²) in [6.45, 7) is 26.6. The van der Waals surface area contributed by atoms with Crippen LogP contribution in [-0.4, -0.2) is 91.6 Å². The number of aromatic nitrogens is 12. The SMILES string of the molecule is C1CCOC1.Cc1cc(C)n([BH-](n2nc(C)cc2C)n2nc(C)cc2C)n1.Cc1cc(C)n([BH-](n2nc(C)cc2C)n2nc(C)cc2C)n1.O=C([O-])C#Cc1ccccc1.[U+3]. The van der Waals surface area contributed by atoms with Crippen LogP contribution in [0.25, 0.3) is 0 Å². The fourth-order valence-corrected chi connectivity index (χ4v) is 7.68. The first kappa shape index (κ1) is 48.3. The van der Waals surface area contributed by atoms with Crippen LogP contribution in [0.5, 0.6) is 0 Å². The van der Waals surface area contributed by atoms with Gasteiger partial charge in [-0.05, 0) is 185 Å². The van der Waals surface area contributed by atoms with E-state index in [1.165, 1.54) is 12.8 Å². The largest absolute Gasteiger partial charge is 3.00 e. The van der Waals surface area contributed by atoms with E-state index in [0.29, 0.717) is 5.56 Å². The van der Waals surface area contributed by atoms with Gasteiger partial charge >= 0.3 is 45.3 Å². The Morgan fingerprint density at radius 2 is 0.770 bits per heavy atom. The fourth-order valence-electron chi connectivity index (χ4n) is 7.68. The number of nitrogens with zero attached hydrogens (tertiary/aromatic N) is 12. The van der Waals surface area contributed by atoms with Crippen LogP contribution in [0.3, 0.4) is 0 Å². The van der Waals surface area contributed by atoms with Crippen molar-refractivity contribution in [3.8, 4) is 11.8 Å². The average Bonchev–Trinajstić information content (AvgIpc) is 4.07. The van der Waals surface area contributed by atoms with Gasteiger partial charge in [0.15, 0.2) is 0 Å². The molecule has 0 aliphatic carbocycles. The molecule has 0 unspecified atom stereocenters. The zero-order valence-electron chi connectivity index (χ0n) is 37.7. The van der Waals surface area contributed by atoms with Crippen LogP contribution in [0.15, 0.2) is 66.7 Å². The zero-order valence-corrected chi connectivity index (χ0v) is 41.8. The summed E-state index contributed by atoms with van der Waals surface area (Å²) in [6, 6.07) is 21.5. The van der Waals surface area contributed by atoms with Crippen molar-refractivity contribution in [1.29, 1.82) is 0 Å². The minimum absolute atomic E-state index is 0. The Morgan fingerprint density at radius 1 is 0.508 bits per heavy atom. The molecule has 18 heteroatoms. The van der Waals surface area contributed by atoms with Gasteiger partial charge in [0, 0.05) is 18.8 Å². The van der Waals surface area contributed by atoms with Gasteiger partial charge in [0.2, 0.25) is 0 Å². The van der Waals surface area contributed by atoms with Crippen molar-refractivity contribution in [3.05, 3.63) is 141 Å². The molecule has 1 aromatic carbocycles. The molecule has 8 rings (SSSR count). The number of hydrogen-bond donors (Lipinski definition) is 0. The molecule has 0 spiro atoms. The molecule has 317 valence electrons. The second-order valence-corrected chi connectivity index (χ2v) is 15.6. The van der Waals surface area contributed by atoms with E-state index in [4.69, 9.17) is 35.3 Å². The van der Waals surface area contributed by atoms with E-state index in [1.807, 2.05) is 53.5 Å². The van der Waals surface area contributed by atoms with E-state index in [1.54, 1.807) is 24.3 Å². The number of aliphatic carboxylic acids is 1. The molecule has 0 N–H and O–H groups in total. The Kier molecular flexibility index (Phi) is 17.4. The number of carboxylic acids is 1. The molecule has 1 aliphatic heterocycles. The monoisotopic (exact) mass is 1050 g/mol. The number of carbonyl (C=O) groups excluding carboxylic acids is 1. The molecule has 0 bridgehead atoms. The third-order valence-electron chi connectivity index (χ3n) is 10.1. The molecule has 7 aromatic rings. The van der Waals surface area contributed by atoms with Gasteiger partial charge in [-0.1, -0.05) is 24.1 Å². The Morgan fingerprint density at radius 3 is 0.951 bits per heavy atom. The first-order valence-corrected chi connectivity index (χ1v) is 20.4. The summed E-state index contributed by atoms with van der Waals surface area (Å²) in [7, 11) is -2.52. The first-order chi connectivity index (χ1) is 28.5. The normalized spacial score (nSPS) is 11.8. The molecule has 1 radical (unpaired) electrons. The van der Waals surface area contributed by atoms with Crippen LogP contribution in [0.2, 0.25) is 0 Å². The zero-order chi connectivity index (χ0) is 43.7. The van der Waals surface area contributed by atoms with Gasteiger partial charge in [0.1, 0.15) is 5.97 Å². The molecule has 1 saturated heterocycles. The summed E-state index contributed by atoms with van der Waals surface area (Å²) in [4.78, 5) is 9.89. The third kappa shape index (κ3) is 12.8. The van der Waals surface area contributed by atoms with E-state index in [0.717, 1.165) is 81.5 Å². The third-order valence-corrected chi connectivity index (χ3v) is 10.1. The van der Waals surface area contributed by atoms with Crippen LogP contribution >= 0.6 is 0 Å². The van der Waals surface area contributed by atoms with Crippen molar-refractivity contribution in [3.63, 3.8) is 0 Å². The average molecular weight is 1050 g/mol. The van der Waals surface area contributed by atoms with Crippen molar-refractivity contribution >= 4 is 20.2 Å². The van der Waals surface area contributed by atoms with E-state index < -0.39 is 20.2 Å². The standard InChI is InChI=1S/2C15H22BN6.C9H6O2.C4H8O.U/c2*1-10-7-13(4)20(17-10)16(21-14(5)8-11(2)18-21)22-15(6)9-12(3)19-22;10-9(11)7-6-8-4-2-1-3-5-8;1-2-4-5-3-1;/h2*7-9,16H,1-6H3;1-5H,(H,10,11);1-4H2;/q2*-1;;;+3/p-1. The van der Waals surface area contributed by atoms with Crippen molar-refractivity contribution in [2.24, 2.45) is 0 Å². The van der Waals surface area contributed by atoms with E-state index in [-0.39, 0.29) is 31.1 Å². The second kappa shape index (κ2) is 22.0. The van der Waals surface area contributed by atoms with E-state index in [9.17, 15) is 9.90 Å². The maximum Gasteiger partial charge on any atom is 3.00 e. The summed E-state index contributed by atoms with van der Waals surface area (Å²) in [5, 5.41) is 38.1. The van der Waals surface area contributed by atoms with Gasteiger partial charge in [-0.3, -0.25) is 0 Å². The van der Waals surface area contributed by atoms with Crippen molar-refractivity contribution in [1.82, 2.24) is 58.1 Å². The minimum atomic E-state index is -1.35. The number of benzene rings is 1.